The predicted octanol–water partition coefficient (Wildman–Crippen LogP) is 2.63. The van der Waals surface area contributed by atoms with Gasteiger partial charge in [-0.05, 0) is 26.0 Å². The number of phenolic OH excluding ortho intramolecular Hbond substituents is 1. The van der Waals surface area contributed by atoms with E-state index in [2.05, 4.69) is 5.32 Å². The number of carbonyl (C=O) groups excluding carboxylic acids is 2. The van der Waals surface area contributed by atoms with Crippen molar-refractivity contribution in [2.75, 3.05) is 18.4 Å². The standard InChI is InChI=1S/C14H19ClN2O3/c1-3-17(4-2)13(19)9-8-12(18)16-11-7-5-6-10(15)14(11)20/h5-7,20H,3-4,8-9H2,1-2H3,(H,16,18). The maximum Gasteiger partial charge on any atom is 0.224 e. The fraction of sp³-hybridized carbons (Fsp3) is 0.429. The zero-order chi connectivity index (χ0) is 15.1. The molecule has 0 aliphatic carbocycles. The van der Waals surface area contributed by atoms with Crippen molar-refractivity contribution in [3.05, 3.63) is 23.2 Å². The fourth-order valence-corrected chi connectivity index (χ4v) is 1.96. The molecule has 110 valence electrons. The van der Waals surface area contributed by atoms with Crippen molar-refractivity contribution < 1.29 is 14.7 Å². The molecule has 0 fully saturated rings. The number of nitrogens with one attached hydrogen (secondary N) is 1. The molecule has 0 aliphatic rings. The summed E-state index contributed by atoms with van der Waals surface area (Å²) >= 11 is 5.74. The van der Waals surface area contributed by atoms with E-state index in [-0.39, 0.29) is 41.1 Å². The Morgan fingerprint density at radius 3 is 2.50 bits per heavy atom. The summed E-state index contributed by atoms with van der Waals surface area (Å²) < 4.78 is 0. The number of benzene rings is 1. The van der Waals surface area contributed by atoms with Gasteiger partial charge in [0.1, 0.15) is 0 Å². The molecule has 6 heteroatoms. The van der Waals surface area contributed by atoms with Crippen LogP contribution >= 0.6 is 11.6 Å². The quantitative estimate of drug-likeness (QED) is 0.793. The van der Waals surface area contributed by atoms with Gasteiger partial charge in [0, 0.05) is 25.9 Å². The summed E-state index contributed by atoms with van der Waals surface area (Å²) in [6.45, 7) is 5.05. The number of amides is 2. The molecule has 0 atom stereocenters. The molecule has 0 heterocycles. The first-order valence-corrected chi connectivity index (χ1v) is 6.92. The fourth-order valence-electron chi connectivity index (χ4n) is 1.78. The van der Waals surface area contributed by atoms with Crippen LogP contribution in [-0.4, -0.2) is 34.9 Å². The van der Waals surface area contributed by atoms with Gasteiger partial charge in [-0.1, -0.05) is 17.7 Å². The van der Waals surface area contributed by atoms with Gasteiger partial charge in [0.15, 0.2) is 5.75 Å². The van der Waals surface area contributed by atoms with Crippen LogP contribution in [0.1, 0.15) is 26.7 Å². The van der Waals surface area contributed by atoms with Gasteiger partial charge in [0.25, 0.3) is 0 Å². The SMILES string of the molecule is CCN(CC)C(=O)CCC(=O)Nc1cccc(Cl)c1O. The predicted molar refractivity (Wildman–Crippen MR) is 78.9 cm³/mol. The number of rotatable bonds is 6. The van der Waals surface area contributed by atoms with E-state index in [1.54, 1.807) is 17.0 Å². The van der Waals surface area contributed by atoms with E-state index in [0.29, 0.717) is 13.1 Å². The second kappa shape index (κ2) is 7.75. The van der Waals surface area contributed by atoms with Gasteiger partial charge in [-0.15, -0.1) is 0 Å². The lowest BCUT2D eigenvalue weighted by molar-refractivity contribution is -0.132. The first kappa shape index (κ1) is 16.3. The lowest BCUT2D eigenvalue weighted by Crippen LogP contribution is -2.31. The third kappa shape index (κ3) is 4.42. The number of halogens is 1. The minimum Gasteiger partial charge on any atom is -0.504 e. The number of carbonyl (C=O) groups is 2. The van der Waals surface area contributed by atoms with E-state index in [1.165, 1.54) is 6.07 Å². The third-order valence-corrected chi connectivity index (χ3v) is 3.25. The number of phenols is 1. The number of hydrogen-bond donors (Lipinski definition) is 2. The summed E-state index contributed by atoms with van der Waals surface area (Å²) in [5.74, 6) is -0.555. The molecule has 1 aromatic carbocycles. The van der Waals surface area contributed by atoms with Gasteiger partial charge in [-0.2, -0.15) is 0 Å². The van der Waals surface area contributed by atoms with Crippen molar-refractivity contribution in [1.82, 2.24) is 4.90 Å². The molecule has 2 amide bonds. The Hall–Kier alpha value is -1.75. The zero-order valence-electron chi connectivity index (χ0n) is 11.6. The van der Waals surface area contributed by atoms with Crippen LogP contribution in [0.4, 0.5) is 5.69 Å². The topological polar surface area (TPSA) is 69.6 Å². The van der Waals surface area contributed by atoms with Crippen molar-refractivity contribution >= 4 is 29.1 Å². The Morgan fingerprint density at radius 1 is 1.25 bits per heavy atom. The molecule has 0 aliphatic heterocycles. The summed E-state index contributed by atoms with van der Waals surface area (Å²) in [6.07, 6.45) is 0.218. The van der Waals surface area contributed by atoms with Crippen LogP contribution in [0.25, 0.3) is 0 Å². The summed E-state index contributed by atoms with van der Waals surface area (Å²) in [4.78, 5) is 25.2. The monoisotopic (exact) mass is 298 g/mol. The Bertz CT molecular complexity index is 487. The lowest BCUT2D eigenvalue weighted by atomic mass is 10.2. The summed E-state index contributed by atoms with van der Waals surface area (Å²) in [6, 6.07) is 4.69. The molecule has 0 bridgehead atoms. The van der Waals surface area contributed by atoms with Crippen molar-refractivity contribution in [2.45, 2.75) is 26.7 Å². The molecule has 1 aromatic rings. The van der Waals surface area contributed by atoms with Crippen LogP contribution < -0.4 is 5.32 Å². The number of anilines is 1. The van der Waals surface area contributed by atoms with Crippen molar-refractivity contribution in [3.63, 3.8) is 0 Å². The van der Waals surface area contributed by atoms with Gasteiger partial charge >= 0.3 is 0 Å². The Balaban J connectivity index is 2.52. The average Bonchev–Trinajstić information content (AvgIpc) is 2.43. The maximum absolute atomic E-state index is 11.8. The Morgan fingerprint density at radius 2 is 1.90 bits per heavy atom. The number of aromatic hydroxyl groups is 1. The molecule has 0 saturated carbocycles. The van der Waals surface area contributed by atoms with Crippen LogP contribution in [0.15, 0.2) is 18.2 Å². The van der Waals surface area contributed by atoms with Crippen LogP contribution in [0.5, 0.6) is 5.75 Å². The molecule has 0 spiro atoms. The third-order valence-electron chi connectivity index (χ3n) is 2.94. The first-order chi connectivity index (χ1) is 9.49. The molecule has 20 heavy (non-hydrogen) atoms. The number of para-hydroxylation sites is 1. The minimum atomic E-state index is -0.330. The Labute approximate surface area is 123 Å². The molecule has 0 aromatic heterocycles. The lowest BCUT2D eigenvalue weighted by Gasteiger charge is -2.18. The zero-order valence-corrected chi connectivity index (χ0v) is 12.4. The first-order valence-electron chi connectivity index (χ1n) is 6.54. The van der Waals surface area contributed by atoms with Gasteiger partial charge in [-0.25, -0.2) is 0 Å². The van der Waals surface area contributed by atoms with Gasteiger partial charge < -0.3 is 15.3 Å². The van der Waals surface area contributed by atoms with E-state index < -0.39 is 0 Å². The van der Waals surface area contributed by atoms with Crippen LogP contribution in [-0.2, 0) is 9.59 Å². The van der Waals surface area contributed by atoms with E-state index in [1.807, 2.05) is 13.8 Å². The van der Waals surface area contributed by atoms with Gasteiger partial charge in [0.05, 0.1) is 10.7 Å². The highest BCUT2D eigenvalue weighted by molar-refractivity contribution is 6.32. The second-order valence-corrected chi connectivity index (χ2v) is 4.66. The summed E-state index contributed by atoms with van der Waals surface area (Å²) in [7, 11) is 0. The van der Waals surface area contributed by atoms with E-state index in [0.717, 1.165) is 0 Å². The van der Waals surface area contributed by atoms with Crippen LogP contribution in [0.3, 0.4) is 0 Å². The number of hydrogen-bond acceptors (Lipinski definition) is 3. The van der Waals surface area contributed by atoms with Gasteiger partial charge in [-0.3, -0.25) is 9.59 Å². The summed E-state index contributed by atoms with van der Waals surface area (Å²) in [5.41, 5.74) is 0.248. The molecule has 0 radical (unpaired) electrons. The van der Waals surface area contributed by atoms with Crippen LogP contribution in [0.2, 0.25) is 5.02 Å². The molecule has 0 saturated heterocycles. The van der Waals surface area contributed by atoms with Crippen molar-refractivity contribution in [1.29, 1.82) is 0 Å². The van der Waals surface area contributed by atoms with E-state index in [9.17, 15) is 14.7 Å². The highest BCUT2D eigenvalue weighted by atomic mass is 35.5. The van der Waals surface area contributed by atoms with E-state index >= 15 is 0 Å². The molecule has 1 rings (SSSR count). The highest BCUT2D eigenvalue weighted by Crippen LogP contribution is 2.31. The minimum absolute atomic E-state index is 0.0551. The highest BCUT2D eigenvalue weighted by Gasteiger charge is 2.13. The van der Waals surface area contributed by atoms with Crippen molar-refractivity contribution in [3.8, 4) is 5.75 Å². The van der Waals surface area contributed by atoms with Crippen LogP contribution in [0, 0.1) is 0 Å². The second-order valence-electron chi connectivity index (χ2n) is 4.25. The summed E-state index contributed by atoms with van der Waals surface area (Å²) in [5, 5.41) is 12.4. The molecule has 2 N–H and O–H groups in total. The molecular formula is C14H19ClN2O3. The Kier molecular flexibility index (Phi) is 6.31. The largest absolute Gasteiger partial charge is 0.504 e. The maximum atomic E-state index is 11.8. The number of nitrogens with zero attached hydrogens (tertiary/aromatic N) is 1. The normalized spacial score (nSPS) is 10.2. The molecule has 0 unspecified atom stereocenters. The molecule has 5 nitrogen and oxygen atoms in total. The van der Waals surface area contributed by atoms with Crippen molar-refractivity contribution in [2.24, 2.45) is 0 Å². The molecular weight excluding hydrogens is 280 g/mol. The average molecular weight is 299 g/mol. The van der Waals surface area contributed by atoms with Gasteiger partial charge in [0.2, 0.25) is 11.8 Å². The smallest absolute Gasteiger partial charge is 0.224 e. The van der Waals surface area contributed by atoms with E-state index in [4.69, 9.17) is 11.6 Å².